The van der Waals surface area contributed by atoms with Crippen LogP contribution in [0.5, 0.6) is 5.75 Å². The zero-order valence-electron chi connectivity index (χ0n) is 20.0. The highest BCUT2D eigenvalue weighted by atomic mass is 35.5. The number of hydrogen-bond acceptors (Lipinski definition) is 2. The average molecular weight is 549 g/mol. The third kappa shape index (κ3) is 5.42. The van der Waals surface area contributed by atoms with Crippen molar-refractivity contribution in [2.45, 2.75) is 6.92 Å². The van der Waals surface area contributed by atoms with Gasteiger partial charge in [-0.05, 0) is 91.0 Å². The number of benzene rings is 4. The van der Waals surface area contributed by atoms with Gasteiger partial charge in [0.2, 0.25) is 0 Å². The maximum atomic E-state index is 13.1. The van der Waals surface area contributed by atoms with Crippen molar-refractivity contribution in [1.82, 2.24) is 9.13 Å². The van der Waals surface area contributed by atoms with E-state index in [-0.39, 0.29) is 11.6 Å². The average Bonchev–Trinajstić information content (AvgIpc) is 3.46. The van der Waals surface area contributed by atoms with Crippen molar-refractivity contribution in [3.05, 3.63) is 125 Å². The number of rotatable bonds is 3. The lowest BCUT2D eigenvalue weighted by Crippen LogP contribution is -2.00. The SMILES string of the molecule is CC(=O)Oc1cn(-c2ccc(F)cc2)c2ccc(Cl)cc12.Fc1ccc(-n2ccc3cc(Cl)ccc32)cc1. The van der Waals surface area contributed by atoms with E-state index in [0.717, 1.165) is 33.2 Å². The molecule has 0 N–H and O–H groups in total. The Morgan fingerprint density at radius 3 is 1.87 bits per heavy atom. The highest BCUT2D eigenvalue weighted by Crippen LogP contribution is 2.33. The molecule has 0 radical (unpaired) electrons. The summed E-state index contributed by atoms with van der Waals surface area (Å²) in [6.45, 7) is 1.34. The van der Waals surface area contributed by atoms with E-state index in [0.29, 0.717) is 15.8 Å². The van der Waals surface area contributed by atoms with E-state index < -0.39 is 5.97 Å². The molecule has 0 saturated carbocycles. The first-order valence-corrected chi connectivity index (χ1v) is 12.3. The molecule has 4 nitrogen and oxygen atoms in total. The number of fused-ring (bicyclic) bond motifs is 2. The molecular formula is C30H20Cl2F2N2O2. The first-order chi connectivity index (χ1) is 18.3. The van der Waals surface area contributed by atoms with E-state index >= 15 is 0 Å². The zero-order valence-corrected chi connectivity index (χ0v) is 21.5. The number of carbonyl (C=O) groups is 1. The number of nitrogens with zero attached hydrogens (tertiary/aromatic N) is 2. The molecule has 38 heavy (non-hydrogen) atoms. The second-order valence-corrected chi connectivity index (χ2v) is 9.33. The van der Waals surface area contributed by atoms with Crippen molar-refractivity contribution in [3.8, 4) is 17.1 Å². The maximum Gasteiger partial charge on any atom is 0.308 e. The number of esters is 1. The van der Waals surface area contributed by atoms with Gasteiger partial charge in [-0.3, -0.25) is 4.79 Å². The molecule has 0 fully saturated rings. The minimum absolute atomic E-state index is 0.228. The molecule has 6 rings (SSSR count). The Kier molecular flexibility index (Phi) is 7.18. The van der Waals surface area contributed by atoms with Gasteiger partial charge in [0, 0.05) is 45.3 Å². The maximum absolute atomic E-state index is 13.1. The van der Waals surface area contributed by atoms with Crippen LogP contribution in [0.4, 0.5) is 8.78 Å². The third-order valence-corrected chi connectivity index (χ3v) is 6.32. The smallest absolute Gasteiger partial charge is 0.308 e. The van der Waals surface area contributed by atoms with Crippen LogP contribution in [0.3, 0.4) is 0 Å². The Hall–Kier alpha value is -4.13. The predicted molar refractivity (Wildman–Crippen MR) is 148 cm³/mol. The summed E-state index contributed by atoms with van der Waals surface area (Å²) < 4.78 is 35.0. The second kappa shape index (κ2) is 10.7. The molecule has 0 unspecified atom stereocenters. The summed E-state index contributed by atoms with van der Waals surface area (Å²) in [4.78, 5) is 11.2. The first-order valence-electron chi connectivity index (χ1n) is 11.6. The molecule has 8 heteroatoms. The summed E-state index contributed by atoms with van der Waals surface area (Å²) in [5.74, 6) is -0.524. The van der Waals surface area contributed by atoms with E-state index in [4.69, 9.17) is 27.9 Å². The monoisotopic (exact) mass is 548 g/mol. The predicted octanol–water partition coefficient (Wildman–Crippen LogP) is 8.77. The fourth-order valence-corrected chi connectivity index (χ4v) is 4.52. The fourth-order valence-electron chi connectivity index (χ4n) is 4.16. The standard InChI is InChI=1S/C16H11ClFNO2.C14H9ClFN/c1-10(20)21-16-9-19(13-5-3-12(18)4-6-13)15-7-2-11(17)8-14(15)16;15-11-1-6-14-10(9-11)7-8-17(14)13-4-2-12(16)3-5-13/h2-9H,1H3;1-9H. The lowest BCUT2D eigenvalue weighted by molar-refractivity contribution is -0.131. The van der Waals surface area contributed by atoms with Gasteiger partial charge in [-0.1, -0.05) is 23.2 Å². The molecule has 2 heterocycles. The summed E-state index contributed by atoms with van der Waals surface area (Å²) in [7, 11) is 0. The van der Waals surface area contributed by atoms with Crippen LogP contribution in [0.25, 0.3) is 33.2 Å². The van der Waals surface area contributed by atoms with Crippen LogP contribution in [0.15, 0.2) is 103 Å². The molecule has 0 saturated heterocycles. The Bertz CT molecular complexity index is 1760. The molecular weight excluding hydrogens is 529 g/mol. The quantitative estimate of drug-likeness (QED) is 0.207. The molecule has 4 aromatic carbocycles. The van der Waals surface area contributed by atoms with Crippen molar-refractivity contribution < 1.29 is 18.3 Å². The molecule has 0 atom stereocenters. The molecule has 0 aliphatic rings. The number of aromatic nitrogens is 2. The first kappa shape index (κ1) is 25.5. The van der Waals surface area contributed by atoms with Gasteiger partial charge in [-0.2, -0.15) is 0 Å². The second-order valence-electron chi connectivity index (χ2n) is 8.46. The molecule has 0 aliphatic carbocycles. The van der Waals surface area contributed by atoms with Gasteiger partial charge in [0.25, 0.3) is 0 Å². The van der Waals surface area contributed by atoms with Crippen molar-refractivity contribution in [2.24, 2.45) is 0 Å². The van der Waals surface area contributed by atoms with Gasteiger partial charge < -0.3 is 13.9 Å². The van der Waals surface area contributed by atoms with Gasteiger partial charge in [-0.25, -0.2) is 8.78 Å². The van der Waals surface area contributed by atoms with Gasteiger partial charge in [0.05, 0.1) is 17.2 Å². The lowest BCUT2D eigenvalue weighted by Gasteiger charge is -2.05. The summed E-state index contributed by atoms with van der Waals surface area (Å²) in [6.07, 6.45) is 3.64. The van der Waals surface area contributed by atoms with Crippen LogP contribution >= 0.6 is 23.2 Å². The molecule has 0 bridgehead atoms. The molecule has 2 aromatic heterocycles. The van der Waals surface area contributed by atoms with E-state index in [1.807, 2.05) is 45.7 Å². The molecule has 0 spiro atoms. The van der Waals surface area contributed by atoms with Crippen molar-refractivity contribution in [2.75, 3.05) is 0 Å². The van der Waals surface area contributed by atoms with Gasteiger partial charge >= 0.3 is 5.97 Å². The highest BCUT2D eigenvalue weighted by molar-refractivity contribution is 6.31. The summed E-state index contributed by atoms with van der Waals surface area (Å²) in [5, 5.41) is 3.06. The van der Waals surface area contributed by atoms with E-state index in [1.54, 1.807) is 42.6 Å². The fraction of sp³-hybridized carbons (Fsp3) is 0.0333. The van der Waals surface area contributed by atoms with E-state index in [9.17, 15) is 13.6 Å². The number of ether oxygens (including phenoxy) is 1. The Balaban J connectivity index is 0.000000158. The minimum atomic E-state index is -0.409. The summed E-state index contributed by atoms with van der Waals surface area (Å²) in [6, 6.07) is 25.5. The van der Waals surface area contributed by atoms with Crippen LogP contribution < -0.4 is 4.74 Å². The molecule has 190 valence electrons. The van der Waals surface area contributed by atoms with Crippen molar-refractivity contribution in [1.29, 1.82) is 0 Å². The Labute approximate surface area is 227 Å². The van der Waals surface area contributed by atoms with E-state index in [1.165, 1.54) is 31.2 Å². The summed E-state index contributed by atoms with van der Waals surface area (Å²) in [5.41, 5.74) is 3.58. The van der Waals surface area contributed by atoms with Crippen LogP contribution in [-0.4, -0.2) is 15.1 Å². The topological polar surface area (TPSA) is 36.2 Å². The summed E-state index contributed by atoms with van der Waals surface area (Å²) >= 11 is 11.9. The zero-order chi connectivity index (χ0) is 26.8. The van der Waals surface area contributed by atoms with Gasteiger partial charge in [-0.15, -0.1) is 0 Å². The number of hydrogen-bond donors (Lipinski definition) is 0. The number of carbonyl (C=O) groups excluding carboxylic acids is 1. The van der Waals surface area contributed by atoms with Crippen LogP contribution in [0.1, 0.15) is 6.92 Å². The largest absolute Gasteiger partial charge is 0.424 e. The Morgan fingerprint density at radius 2 is 1.26 bits per heavy atom. The Morgan fingerprint density at radius 1 is 0.711 bits per heavy atom. The normalized spacial score (nSPS) is 10.9. The molecule has 0 amide bonds. The highest BCUT2D eigenvalue weighted by Gasteiger charge is 2.13. The van der Waals surface area contributed by atoms with Crippen LogP contribution in [0.2, 0.25) is 10.0 Å². The van der Waals surface area contributed by atoms with Gasteiger partial charge in [0.15, 0.2) is 5.75 Å². The molecule has 0 aliphatic heterocycles. The van der Waals surface area contributed by atoms with Gasteiger partial charge in [0.1, 0.15) is 11.6 Å². The number of halogens is 4. The van der Waals surface area contributed by atoms with Crippen LogP contribution in [-0.2, 0) is 4.79 Å². The van der Waals surface area contributed by atoms with E-state index in [2.05, 4.69) is 0 Å². The van der Waals surface area contributed by atoms with Crippen molar-refractivity contribution >= 4 is 51.0 Å². The van der Waals surface area contributed by atoms with Crippen molar-refractivity contribution in [3.63, 3.8) is 0 Å². The molecule has 6 aromatic rings. The van der Waals surface area contributed by atoms with Crippen LogP contribution in [0, 0.1) is 11.6 Å². The lowest BCUT2D eigenvalue weighted by atomic mass is 10.2. The minimum Gasteiger partial charge on any atom is -0.424 e. The third-order valence-electron chi connectivity index (χ3n) is 5.85.